The number of carbonyl (C=O) groups is 1. The third-order valence-electron chi connectivity index (χ3n) is 3.54. The molecule has 11 heteroatoms. The number of carbonyl (C=O) groups excluding carboxylic acids is 1. The Labute approximate surface area is 183 Å². The molecule has 0 saturated heterocycles. The van der Waals surface area contributed by atoms with Crippen LogP contribution < -0.4 is 5.32 Å². The van der Waals surface area contributed by atoms with Crippen molar-refractivity contribution in [3.05, 3.63) is 59.7 Å². The van der Waals surface area contributed by atoms with Crippen LogP contribution in [0.4, 0.5) is 9.52 Å². The average molecular weight is 527 g/mol. The highest BCUT2D eigenvalue weighted by Gasteiger charge is 2.18. The van der Waals surface area contributed by atoms with Crippen molar-refractivity contribution >= 4 is 50.7 Å². The summed E-state index contributed by atoms with van der Waals surface area (Å²) in [6, 6.07) is 6.95. The van der Waals surface area contributed by atoms with E-state index < -0.39 is 15.1 Å². The molecule has 8 nitrogen and oxygen atoms in total. The number of alkyl halides is 1. The van der Waals surface area contributed by atoms with Crippen LogP contribution in [0.15, 0.2) is 54.2 Å². The number of nitrogens with zero attached hydrogens (tertiary/aromatic N) is 4. The van der Waals surface area contributed by atoms with Crippen molar-refractivity contribution < 1.29 is 19.1 Å². The van der Waals surface area contributed by atoms with Crippen LogP contribution in [0.1, 0.15) is 12.0 Å². The lowest BCUT2D eigenvalue weighted by Gasteiger charge is -2.10. The SMILES string of the molecule is O=C(Nc1ncc(F)s1)/C(=N/O[C@@H](I)CCO)c1ccc(-c2cnccn2)cc1. The highest BCUT2D eigenvalue weighted by molar-refractivity contribution is 14.1. The number of aliphatic hydroxyl groups is 1. The number of halogens is 2. The van der Waals surface area contributed by atoms with Crippen LogP contribution >= 0.6 is 33.9 Å². The van der Waals surface area contributed by atoms with E-state index in [9.17, 15) is 9.18 Å². The van der Waals surface area contributed by atoms with E-state index in [1.807, 2.05) is 22.6 Å². The fraction of sp³-hybridized carbons (Fsp3) is 0.167. The van der Waals surface area contributed by atoms with Gasteiger partial charge in [-0.25, -0.2) is 4.98 Å². The maximum Gasteiger partial charge on any atom is 0.280 e. The Morgan fingerprint density at radius 1 is 1.28 bits per heavy atom. The van der Waals surface area contributed by atoms with Gasteiger partial charge in [-0.05, 0) is 22.6 Å². The molecule has 0 fully saturated rings. The van der Waals surface area contributed by atoms with Crippen LogP contribution in [0.25, 0.3) is 11.3 Å². The summed E-state index contributed by atoms with van der Waals surface area (Å²) in [4.78, 5) is 30.1. The first kappa shape index (κ1) is 21.2. The van der Waals surface area contributed by atoms with E-state index in [-0.39, 0.29) is 17.5 Å². The Morgan fingerprint density at radius 3 is 2.69 bits per heavy atom. The average Bonchev–Trinajstić information content (AvgIpc) is 3.14. The van der Waals surface area contributed by atoms with E-state index in [0.29, 0.717) is 29.0 Å². The number of hydrogen-bond donors (Lipinski definition) is 2. The van der Waals surface area contributed by atoms with E-state index in [4.69, 9.17) is 9.94 Å². The molecule has 0 radical (unpaired) electrons. The zero-order chi connectivity index (χ0) is 20.6. The number of aliphatic hydroxyl groups excluding tert-OH is 1. The minimum absolute atomic E-state index is 0.00842. The van der Waals surface area contributed by atoms with Crippen molar-refractivity contribution in [3.63, 3.8) is 0 Å². The van der Waals surface area contributed by atoms with E-state index in [2.05, 4.69) is 25.4 Å². The van der Waals surface area contributed by atoms with Gasteiger partial charge in [0.15, 0.2) is 20.1 Å². The maximum atomic E-state index is 13.2. The van der Waals surface area contributed by atoms with E-state index in [0.717, 1.165) is 11.8 Å². The Kier molecular flexibility index (Phi) is 7.55. The fourth-order valence-electron chi connectivity index (χ4n) is 2.20. The van der Waals surface area contributed by atoms with Crippen LogP contribution in [-0.4, -0.2) is 42.4 Å². The van der Waals surface area contributed by atoms with Gasteiger partial charge in [-0.15, -0.1) is 0 Å². The second-order valence-electron chi connectivity index (χ2n) is 5.56. The minimum atomic E-state index is -0.598. The van der Waals surface area contributed by atoms with Crippen LogP contribution in [0.2, 0.25) is 0 Å². The molecular weight excluding hydrogens is 512 g/mol. The molecule has 3 rings (SSSR count). The topological polar surface area (TPSA) is 110 Å². The molecular formula is C18H15FIN5O3S. The summed E-state index contributed by atoms with van der Waals surface area (Å²) in [7, 11) is 0. The van der Waals surface area contributed by atoms with Gasteiger partial charge >= 0.3 is 0 Å². The Balaban J connectivity index is 1.85. The van der Waals surface area contributed by atoms with Gasteiger partial charge in [0.05, 0.1) is 18.1 Å². The van der Waals surface area contributed by atoms with Gasteiger partial charge in [0, 0.05) is 36.5 Å². The van der Waals surface area contributed by atoms with E-state index in [1.54, 1.807) is 42.9 Å². The molecule has 0 aliphatic heterocycles. The molecule has 0 saturated carbocycles. The van der Waals surface area contributed by atoms with Crippen molar-refractivity contribution in [3.8, 4) is 11.3 Å². The second kappa shape index (κ2) is 10.3. The van der Waals surface area contributed by atoms with Crippen LogP contribution in [0, 0.1) is 5.13 Å². The molecule has 150 valence electrons. The Hall–Kier alpha value is -2.51. The largest absolute Gasteiger partial charge is 0.396 e. The third-order valence-corrected chi connectivity index (χ3v) is 5.10. The predicted molar refractivity (Wildman–Crippen MR) is 115 cm³/mol. The van der Waals surface area contributed by atoms with Crippen molar-refractivity contribution in [1.82, 2.24) is 15.0 Å². The molecule has 0 spiro atoms. The summed E-state index contributed by atoms with van der Waals surface area (Å²) < 4.78 is 12.7. The molecule has 1 aromatic carbocycles. The lowest BCUT2D eigenvalue weighted by atomic mass is 10.1. The smallest absolute Gasteiger partial charge is 0.280 e. The number of amides is 1. The number of nitrogens with one attached hydrogen (secondary N) is 1. The van der Waals surface area contributed by atoms with E-state index >= 15 is 0 Å². The van der Waals surface area contributed by atoms with Gasteiger partial charge < -0.3 is 9.94 Å². The molecule has 2 N–H and O–H groups in total. The molecule has 0 aliphatic carbocycles. The Morgan fingerprint density at radius 2 is 2.07 bits per heavy atom. The van der Waals surface area contributed by atoms with Gasteiger partial charge in [0.2, 0.25) is 0 Å². The number of aromatic nitrogens is 3. The van der Waals surface area contributed by atoms with Gasteiger partial charge in [-0.1, -0.05) is 40.8 Å². The van der Waals surface area contributed by atoms with Crippen molar-refractivity contribution in [2.75, 3.05) is 11.9 Å². The van der Waals surface area contributed by atoms with Crippen LogP contribution in [0.5, 0.6) is 0 Å². The first-order chi connectivity index (χ1) is 14.1. The summed E-state index contributed by atoms with van der Waals surface area (Å²) in [5.74, 6) is -0.598. The highest BCUT2D eigenvalue weighted by atomic mass is 127. The summed E-state index contributed by atoms with van der Waals surface area (Å²) in [5.41, 5.74) is 1.98. The molecule has 1 atom stereocenters. The zero-order valence-electron chi connectivity index (χ0n) is 14.8. The van der Waals surface area contributed by atoms with Gasteiger partial charge in [-0.3, -0.25) is 20.1 Å². The van der Waals surface area contributed by atoms with Gasteiger partial charge in [0.1, 0.15) is 0 Å². The van der Waals surface area contributed by atoms with Gasteiger partial charge in [-0.2, -0.15) is 4.39 Å². The predicted octanol–water partition coefficient (Wildman–Crippen LogP) is 3.24. The lowest BCUT2D eigenvalue weighted by Crippen LogP contribution is -2.24. The zero-order valence-corrected chi connectivity index (χ0v) is 17.8. The molecule has 0 aliphatic rings. The molecule has 0 unspecified atom stereocenters. The first-order valence-electron chi connectivity index (χ1n) is 8.35. The van der Waals surface area contributed by atoms with Crippen LogP contribution in [0.3, 0.4) is 0 Å². The quantitative estimate of drug-likeness (QED) is 0.202. The summed E-state index contributed by atoms with van der Waals surface area (Å²) in [6.45, 7) is -0.0736. The molecule has 29 heavy (non-hydrogen) atoms. The van der Waals surface area contributed by atoms with Crippen molar-refractivity contribution in [2.45, 2.75) is 10.5 Å². The fourth-order valence-corrected chi connectivity index (χ4v) is 3.14. The van der Waals surface area contributed by atoms with Gasteiger partial charge in [0.25, 0.3) is 5.91 Å². The lowest BCUT2D eigenvalue weighted by molar-refractivity contribution is -0.110. The molecule has 0 bridgehead atoms. The number of hydrogen-bond acceptors (Lipinski definition) is 8. The van der Waals surface area contributed by atoms with Crippen molar-refractivity contribution in [1.29, 1.82) is 0 Å². The Bertz CT molecular complexity index is 985. The second-order valence-corrected chi connectivity index (χ2v) is 7.93. The minimum Gasteiger partial charge on any atom is -0.396 e. The normalized spacial score (nSPS) is 12.4. The highest BCUT2D eigenvalue weighted by Crippen LogP contribution is 2.19. The maximum absolute atomic E-state index is 13.2. The summed E-state index contributed by atoms with van der Waals surface area (Å²) in [5, 5.41) is 15.1. The number of anilines is 1. The monoisotopic (exact) mass is 527 g/mol. The standard InChI is InChI=1S/C18H15FIN5O3S/c19-14-10-23-18(29-14)24-17(27)16(25-28-15(20)5-8-26)12-3-1-11(2-4-12)13-9-21-6-7-22-13/h1-4,6-7,9-10,15,26H,5,8H2,(H,23,24,27)/b25-16+/t15-/m1/s1. The third kappa shape index (κ3) is 5.98. The number of benzene rings is 1. The van der Waals surface area contributed by atoms with Crippen LogP contribution in [-0.2, 0) is 9.63 Å². The molecule has 1 amide bonds. The molecule has 3 aromatic rings. The number of thiazole rings is 1. The van der Waals surface area contributed by atoms with Crippen molar-refractivity contribution in [2.24, 2.45) is 5.16 Å². The molecule has 2 aromatic heterocycles. The number of oxime groups is 1. The summed E-state index contributed by atoms with van der Waals surface area (Å²) in [6.07, 6.45) is 6.17. The number of rotatable bonds is 8. The van der Waals surface area contributed by atoms with E-state index in [1.165, 1.54) is 0 Å². The molecule has 2 heterocycles. The first-order valence-corrected chi connectivity index (χ1v) is 10.4. The summed E-state index contributed by atoms with van der Waals surface area (Å²) >= 11 is 2.67.